The number of nitrogens with two attached hydrogens (primary N) is 1. The van der Waals surface area contributed by atoms with E-state index in [0.29, 0.717) is 6.54 Å². The van der Waals surface area contributed by atoms with Crippen molar-refractivity contribution in [1.82, 2.24) is 5.16 Å². The van der Waals surface area contributed by atoms with Gasteiger partial charge < -0.3 is 10.3 Å². The molecule has 0 radical (unpaired) electrons. The summed E-state index contributed by atoms with van der Waals surface area (Å²) >= 11 is 0. The van der Waals surface area contributed by atoms with Crippen LogP contribution in [0.2, 0.25) is 0 Å². The Morgan fingerprint density at radius 3 is 2.47 bits per heavy atom. The average Bonchev–Trinajstić information content (AvgIpc) is 2.72. The second-order valence-corrected chi connectivity index (χ2v) is 4.47. The van der Waals surface area contributed by atoms with Gasteiger partial charge in [0.05, 0.1) is 0 Å². The second kappa shape index (κ2) is 4.72. The summed E-state index contributed by atoms with van der Waals surface area (Å²) in [5.41, 5.74) is 11.3. The molecule has 0 fully saturated rings. The van der Waals surface area contributed by atoms with E-state index < -0.39 is 0 Å². The van der Waals surface area contributed by atoms with Crippen LogP contribution in [0.25, 0.3) is 11.3 Å². The van der Waals surface area contributed by atoms with Crippen LogP contribution in [0.4, 0.5) is 0 Å². The van der Waals surface area contributed by atoms with Crippen LogP contribution in [-0.4, -0.2) is 11.7 Å². The Balaban J connectivity index is 2.41. The van der Waals surface area contributed by atoms with Gasteiger partial charge in [-0.25, -0.2) is 0 Å². The van der Waals surface area contributed by atoms with Gasteiger partial charge in [0.1, 0.15) is 11.5 Å². The van der Waals surface area contributed by atoms with Crippen molar-refractivity contribution >= 4 is 0 Å². The zero-order chi connectivity index (χ0) is 12.4. The summed E-state index contributed by atoms with van der Waals surface area (Å²) in [6.07, 6.45) is 0.733. The highest BCUT2D eigenvalue weighted by Crippen LogP contribution is 2.26. The molecule has 2 rings (SSSR count). The Kier molecular flexibility index (Phi) is 3.29. The number of rotatable bonds is 3. The quantitative estimate of drug-likeness (QED) is 0.882. The van der Waals surface area contributed by atoms with E-state index in [9.17, 15) is 0 Å². The van der Waals surface area contributed by atoms with Crippen LogP contribution in [0, 0.1) is 20.8 Å². The Bertz CT molecular complexity index is 529. The molecule has 0 atom stereocenters. The fourth-order valence-corrected chi connectivity index (χ4v) is 1.94. The Hall–Kier alpha value is -1.61. The third-order valence-electron chi connectivity index (χ3n) is 3.07. The summed E-state index contributed by atoms with van der Waals surface area (Å²) in [6, 6.07) is 6.32. The van der Waals surface area contributed by atoms with Gasteiger partial charge in [0.15, 0.2) is 0 Å². The maximum atomic E-state index is 5.49. The van der Waals surface area contributed by atoms with E-state index in [4.69, 9.17) is 10.3 Å². The molecule has 90 valence electrons. The molecule has 1 heterocycles. The van der Waals surface area contributed by atoms with E-state index in [2.05, 4.69) is 38.1 Å². The lowest BCUT2D eigenvalue weighted by molar-refractivity contribution is 0.386. The second-order valence-electron chi connectivity index (χ2n) is 4.47. The highest BCUT2D eigenvalue weighted by atomic mass is 16.5. The van der Waals surface area contributed by atoms with Gasteiger partial charge in [-0.05, 0) is 50.1 Å². The summed E-state index contributed by atoms with van der Waals surface area (Å²) in [4.78, 5) is 0. The third-order valence-corrected chi connectivity index (χ3v) is 3.07. The van der Waals surface area contributed by atoms with Crippen molar-refractivity contribution in [3.8, 4) is 11.3 Å². The fourth-order valence-electron chi connectivity index (χ4n) is 1.94. The maximum Gasteiger partial charge on any atom is 0.138 e. The molecule has 2 aromatic rings. The van der Waals surface area contributed by atoms with E-state index in [-0.39, 0.29) is 0 Å². The van der Waals surface area contributed by atoms with Crippen molar-refractivity contribution in [2.45, 2.75) is 27.2 Å². The van der Waals surface area contributed by atoms with Crippen molar-refractivity contribution in [2.24, 2.45) is 5.73 Å². The minimum atomic E-state index is 0.584. The van der Waals surface area contributed by atoms with Crippen molar-refractivity contribution in [3.05, 3.63) is 40.6 Å². The first-order valence-electron chi connectivity index (χ1n) is 5.85. The van der Waals surface area contributed by atoms with Crippen LogP contribution >= 0.6 is 0 Å². The lowest BCUT2D eigenvalue weighted by Gasteiger charge is -2.06. The van der Waals surface area contributed by atoms with Crippen molar-refractivity contribution < 1.29 is 4.52 Å². The molecule has 0 saturated carbocycles. The number of aromatic nitrogens is 1. The Morgan fingerprint density at radius 1 is 1.06 bits per heavy atom. The molecular formula is C14H18N2O. The van der Waals surface area contributed by atoms with E-state index in [1.807, 2.05) is 6.07 Å². The smallest absolute Gasteiger partial charge is 0.138 e. The molecule has 2 N–H and O–H groups in total. The highest BCUT2D eigenvalue weighted by Gasteiger charge is 2.09. The van der Waals surface area contributed by atoms with Crippen LogP contribution in [0.15, 0.2) is 22.7 Å². The Morgan fingerprint density at radius 2 is 1.76 bits per heavy atom. The molecule has 0 aliphatic rings. The van der Waals surface area contributed by atoms with Crippen LogP contribution in [0.1, 0.15) is 22.5 Å². The van der Waals surface area contributed by atoms with Crippen molar-refractivity contribution in [2.75, 3.05) is 6.54 Å². The summed E-state index contributed by atoms with van der Waals surface area (Å²) in [7, 11) is 0. The molecule has 3 heteroatoms. The number of benzene rings is 1. The summed E-state index contributed by atoms with van der Waals surface area (Å²) < 4.78 is 5.25. The molecule has 0 saturated heterocycles. The van der Waals surface area contributed by atoms with Gasteiger partial charge in [-0.1, -0.05) is 11.2 Å². The first-order chi connectivity index (χ1) is 8.11. The van der Waals surface area contributed by atoms with Crippen LogP contribution in [0.5, 0.6) is 0 Å². The topological polar surface area (TPSA) is 52.0 Å². The predicted octanol–water partition coefficient (Wildman–Crippen LogP) is 2.77. The van der Waals surface area contributed by atoms with Gasteiger partial charge in [-0.2, -0.15) is 0 Å². The van der Waals surface area contributed by atoms with Gasteiger partial charge >= 0.3 is 0 Å². The molecule has 0 aliphatic carbocycles. The summed E-state index contributed by atoms with van der Waals surface area (Å²) in [5.74, 6) is 0.847. The molecule has 0 bridgehead atoms. The first kappa shape index (κ1) is 11.9. The largest absolute Gasteiger partial charge is 0.361 e. The van der Waals surface area contributed by atoms with Crippen LogP contribution < -0.4 is 5.73 Å². The molecule has 1 aromatic carbocycles. The molecule has 0 aliphatic heterocycles. The molecule has 1 aromatic heterocycles. The zero-order valence-corrected chi connectivity index (χ0v) is 10.6. The lowest BCUT2D eigenvalue weighted by Crippen LogP contribution is -2.01. The molecule has 17 heavy (non-hydrogen) atoms. The van der Waals surface area contributed by atoms with E-state index in [1.165, 1.54) is 16.7 Å². The SMILES string of the molecule is Cc1cc(C)c(-c2cc(CCN)on2)cc1C. The average molecular weight is 230 g/mol. The third kappa shape index (κ3) is 2.39. The molecule has 0 unspecified atom stereocenters. The predicted molar refractivity (Wildman–Crippen MR) is 68.9 cm³/mol. The molecule has 0 amide bonds. The van der Waals surface area contributed by atoms with Gasteiger partial charge in [0.2, 0.25) is 0 Å². The standard InChI is InChI=1S/C14H18N2O/c1-9-6-11(3)13(7-10(9)2)14-8-12(4-5-15)17-16-14/h6-8H,4-5,15H2,1-3H3. The number of nitrogens with zero attached hydrogens (tertiary/aromatic N) is 1. The van der Waals surface area contributed by atoms with E-state index in [1.54, 1.807) is 0 Å². The summed E-state index contributed by atoms with van der Waals surface area (Å²) in [5, 5.41) is 4.11. The number of aryl methyl sites for hydroxylation is 3. The number of hydrogen-bond donors (Lipinski definition) is 1. The molecule has 3 nitrogen and oxygen atoms in total. The maximum absolute atomic E-state index is 5.49. The lowest BCUT2D eigenvalue weighted by atomic mass is 9.99. The highest BCUT2D eigenvalue weighted by molar-refractivity contribution is 5.65. The molecular weight excluding hydrogens is 212 g/mol. The van der Waals surface area contributed by atoms with Crippen LogP contribution in [0.3, 0.4) is 0 Å². The molecule has 0 spiro atoms. The minimum Gasteiger partial charge on any atom is -0.361 e. The van der Waals surface area contributed by atoms with Crippen molar-refractivity contribution in [3.63, 3.8) is 0 Å². The number of hydrogen-bond acceptors (Lipinski definition) is 3. The monoisotopic (exact) mass is 230 g/mol. The first-order valence-corrected chi connectivity index (χ1v) is 5.85. The van der Waals surface area contributed by atoms with Gasteiger partial charge in [-0.15, -0.1) is 0 Å². The van der Waals surface area contributed by atoms with Gasteiger partial charge in [-0.3, -0.25) is 0 Å². The van der Waals surface area contributed by atoms with Gasteiger partial charge in [0, 0.05) is 18.1 Å². The van der Waals surface area contributed by atoms with Gasteiger partial charge in [0.25, 0.3) is 0 Å². The summed E-state index contributed by atoms with van der Waals surface area (Å²) in [6.45, 7) is 6.91. The van der Waals surface area contributed by atoms with E-state index >= 15 is 0 Å². The van der Waals surface area contributed by atoms with E-state index in [0.717, 1.165) is 23.4 Å². The fraction of sp³-hybridized carbons (Fsp3) is 0.357. The van der Waals surface area contributed by atoms with Crippen LogP contribution in [-0.2, 0) is 6.42 Å². The Labute approximate surface area is 102 Å². The normalized spacial score (nSPS) is 10.8. The van der Waals surface area contributed by atoms with Crippen molar-refractivity contribution in [1.29, 1.82) is 0 Å². The zero-order valence-electron chi connectivity index (χ0n) is 10.6. The minimum absolute atomic E-state index is 0.584.